The van der Waals surface area contributed by atoms with Gasteiger partial charge >= 0.3 is 0 Å². The van der Waals surface area contributed by atoms with E-state index in [1.54, 1.807) is 0 Å². The molecule has 2 unspecified atom stereocenters. The fourth-order valence-corrected chi connectivity index (χ4v) is 2.54. The molecule has 0 aliphatic carbocycles. The number of carbonyl (C=O) groups is 1. The van der Waals surface area contributed by atoms with E-state index in [0.717, 1.165) is 0 Å². The van der Waals surface area contributed by atoms with Gasteiger partial charge in [-0.05, 0) is 32.6 Å². The molecular formula is C15H29NO4. The minimum atomic E-state index is -0.421. The standard InChI is InChI=1S/C15H29NO4/c1-7-18-8-13-10(4)11(5)14(16-12(6)17)15(20-13)19-9(2)3/h9-11,13-15H,7-8H2,1-6H3,(H,16,17)/t10-,11?,13?,14-,15-/m0/s1. The van der Waals surface area contributed by atoms with E-state index < -0.39 is 6.29 Å². The van der Waals surface area contributed by atoms with Gasteiger partial charge in [-0.3, -0.25) is 4.79 Å². The highest BCUT2D eigenvalue weighted by molar-refractivity contribution is 5.73. The summed E-state index contributed by atoms with van der Waals surface area (Å²) in [5, 5.41) is 2.96. The summed E-state index contributed by atoms with van der Waals surface area (Å²) in [5.41, 5.74) is 0. The summed E-state index contributed by atoms with van der Waals surface area (Å²) < 4.78 is 17.4. The third-order valence-corrected chi connectivity index (χ3v) is 3.85. The van der Waals surface area contributed by atoms with Crippen molar-refractivity contribution in [2.24, 2.45) is 11.8 Å². The molecule has 5 heteroatoms. The maximum Gasteiger partial charge on any atom is 0.217 e. The van der Waals surface area contributed by atoms with Crippen LogP contribution in [-0.2, 0) is 19.0 Å². The average Bonchev–Trinajstić information content (AvgIpc) is 2.35. The maximum atomic E-state index is 11.4. The van der Waals surface area contributed by atoms with Gasteiger partial charge in [-0.1, -0.05) is 13.8 Å². The van der Waals surface area contributed by atoms with E-state index in [0.29, 0.717) is 19.1 Å². The zero-order valence-corrected chi connectivity index (χ0v) is 13.5. The van der Waals surface area contributed by atoms with E-state index >= 15 is 0 Å². The average molecular weight is 287 g/mol. The molecule has 0 radical (unpaired) electrons. The Balaban J connectivity index is 2.80. The van der Waals surface area contributed by atoms with Gasteiger partial charge in [0, 0.05) is 13.5 Å². The molecule has 5 atom stereocenters. The normalized spacial score (nSPS) is 34.2. The van der Waals surface area contributed by atoms with Gasteiger partial charge in [0.2, 0.25) is 5.91 Å². The molecule has 1 aliphatic heterocycles. The van der Waals surface area contributed by atoms with Crippen molar-refractivity contribution in [1.82, 2.24) is 5.32 Å². The van der Waals surface area contributed by atoms with Crippen LogP contribution in [0.5, 0.6) is 0 Å². The van der Waals surface area contributed by atoms with Crippen molar-refractivity contribution in [1.29, 1.82) is 0 Å². The number of rotatable bonds is 6. The van der Waals surface area contributed by atoms with Crippen molar-refractivity contribution in [3.63, 3.8) is 0 Å². The van der Waals surface area contributed by atoms with Gasteiger partial charge < -0.3 is 19.5 Å². The smallest absolute Gasteiger partial charge is 0.217 e. The van der Waals surface area contributed by atoms with Gasteiger partial charge in [0.05, 0.1) is 24.9 Å². The van der Waals surface area contributed by atoms with Gasteiger partial charge in [0.1, 0.15) is 0 Å². The Morgan fingerprint density at radius 3 is 2.45 bits per heavy atom. The molecule has 1 saturated heterocycles. The van der Waals surface area contributed by atoms with Crippen LogP contribution in [-0.4, -0.2) is 43.7 Å². The number of ether oxygens (including phenoxy) is 3. The SMILES string of the molecule is CCOCC1O[C@H](OC(C)C)[C@@H](NC(C)=O)C(C)[C@@H]1C. The molecule has 20 heavy (non-hydrogen) atoms. The van der Waals surface area contributed by atoms with Crippen LogP contribution < -0.4 is 5.32 Å². The maximum absolute atomic E-state index is 11.4. The molecule has 0 aromatic rings. The van der Waals surface area contributed by atoms with E-state index in [1.807, 2.05) is 20.8 Å². The van der Waals surface area contributed by atoms with E-state index in [2.05, 4.69) is 19.2 Å². The molecule has 0 spiro atoms. The monoisotopic (exact) mass is 287 g/mol. The topological polar surface area (TPSA) is 56.8 Å². The second-order valence-electron chi connectivity index (χ2n) is 5.83. The van der Waals surface area contributed by atoms with Gasteiger partial charge in [0.15, 0.2) is 6.29 Å². The summed E-state index contributed by atoms with van der Waals surface area (Å²) in [6, 6.07) is -0.122. The van der Waals surface area contributed by atoms with Crippen LogP contribution in [0, 0.1) is 11.8 Å². The summed E-state index contributed by atoms with van der Waals surface area (Å²) in [5.74, 6) is 0.505. The molecule has 118 valence electrons. The Bertz CT molecular complexity index is 308. The lowest BCUT2D eigenvalue weighted by Gasteiger charge is -2.45. The summed E-state index contributed by atoms with van der Waals surface area (Å²) in [7, 11) is 0. The molecule has 0 saturated carbocycles. The summed E-state index contributed by atoms with van der Waals surface area (Å²) in [6.07, 6.45) is -0.376. The predicted molar refractivity (Wildman–Crippen MR) is 77.3 cm³/mol. The highest BCUT2D eigenvalue weighted by atomic mass is 16.7. The molecule has 0 aromatic heterocycles. The molecule has 1 amide bonds. The van der Waals surface area contributed by atoms with Crippen LogP contribution in [0.15, 0.2) is 0 Å². The Labute approximate surface area is 122 Å². The molecule has 5 nitrogen and oxygen atoms in total. The number of hydrogen-bond acceptors (Lipinski definition) is 4. The summed E-state index contributed by atoms with van der Waals surface area (Å²) in [4.78, 5) is 11.4. The van der Waals surface area contributed by atoms with E-state index in [4.69, 9.17) is 14.2 Å². The quantitative estimate of drug-likeness (QED) is 0.811. The first-order valence-corrected chi connectivity index (χ1v) is 7.52. The Hall–Kier alpha value is -0.650. The van der Waals surface area contributed by atoms with Crippen molar-refractivity contribution in [2.45, 2.75) is 66.1 Å². The molecule has 0 aromatic carbocycles. The molecule has 1 aliphatic rings. The number of nitrogens with one attached hydrogen (secondary N) is 1. The summed E-state index contributed by atoms with van der Waals surface area (Å²) >= 11 is 0. The highest BCUT2D eigenvalue weighted by Crippen LogP contribution is 2.32. The highest BCUT2D eigenvalue weighted by Gasteiger charge is 2.42. The van der Waals surface area contributed by atoms with E-state index in [1.165, 1.54) is 6.92 Å². The second kappa shape index (κ2) is 7.96. The molecule has 0 bridgehead atoms. The lowest BCUT2D eigenvalue weighted by Crippen LogP contribution is -2.58. The first-order chi connectivity index (χ1) is 9.36. The van der Waals surface area contributed by atoms with Crippen molar-refractivity contribution in [3.05, 3.63) is 0 Å². The fraction of sp³-hybridized carbons (Fsp3) is 0.933. The summed E-state index contributed by atoms with van der Waals surface area (Å²) in [6.45, 7) is 12.9. The zero-order valence-electron chi connectivity index (χ0n) is 13.5. The van der Waals surface area contributed by atoms with E-state index in [9.17, 15) is 4.79 Å². The minimum Gasteiger partial charge on any atom is -0.379 e. The Morgan fingerprint density at radius 2 is 1.95 bits per heavy atom. The minimum absolute atomic E-state index is 0.00120. The number of carbonyl (C=O) groups excluding carboxylic acids is 1. The molecule has 1 fully saturated rings. The zero-order chi connectivity index (χ0) is 15.3. The van der Waals surface area contributed by atoms with Crippen molar-refractivity contribution < 1.29 is 19.0 Å². The van der Waals surface area contributed by atoms with Crippen molar-refractivity contribution >= 4 is 5.91 Å². The second-order valence-corrected chi connectivity index (χ2v) is 5.83. The first-order valence-electron chi connectivity index (χ1n) is 7.52. The van der Waals surface area contributed by atoms with Crippen LogP contribution in [0.3, 0.4) is 0 Å². The number of hydrogen-bond donors (Lipinski definition) is 1. The lowest BCUT2D eigenvalue weighted by molar-refractivity contribution is -0.255. The molecule has 1 rings (SSSR count). The predicted octanol–water partition coefficient (Wildman–Crippen LogP) is 1.95. The van der Waals surface area contributed by atoms with Crippen LogP contribution in [0.25, 0.3) is 0 Å². The Morgan fingerprint density at radius 1 is 1.30 bits per heavy atom. The first kappa shape index (κ1) is 17.4. The number of amides is 1. The van der Waals surface area contributed by atoms with Gasteiger partial charge in [-0.25, -0.2) is 0 Å². The van der Waals surface area contributed by atoms with Crippen LogP contribution >= 0.6 is 0 Å². The Kier molecular flexibility index (Phi) is 6.92. The van der Waals surface area contributed by atoms with Crippen LogP contribution in [0.1, 0.15) is 41.5 Å². The van der Waals surface area contributed by atoms with Gasteiger partial charge in [-0.15, -0.1) is 0 Å². The van der Waals surface area contributed by atoms with Gasteiger partial charge in [-0.2, -0.15) is 0 Å². The third kappa shape index (κ3) is 4.72. The van der Waals surface area contributed by atoms with Crippen molar-refractivity contribution in [3.8, 4) is 0 Å². The van der Waals surface area contributed by atoms with E-state index in [-0.39, 0.29) is 30.1 Å². The van der Waals surface area contributed by atoms with Crippen LogP contribution in [0.4, 0.5) is 0 Å². The van der Waals surface area contributed by atoms with Crippen molar-refractivity contribution in [2.75, 3.05) is 13.2 Å². The molecule has 1 heterocycles. The third-order valence-electron chi connectivity index (χ3n) is 3.85. The molecular weight excluding hydrogens is 258 g/mol. The largest absolute Gasteiger partial charge is 0.379 e. The van der Waals surface area contributed by atoms with Gasteiger partial charge in [0.25, 0.3) is 0 Å². The van der Waals surface area contributed by atoms with Crippen LogP contribution in [0.2, 0.25) is 0 Å². The fourth-order valence-electron chi connectivity index (χ4n) is 2.54. The molecule has 1 N–H and O–H groups in total. The lowest BCUT2D eigenvalue weighted by atomic mass is 9.82.